The molecule has 2 nitrogen and oxygen atoms in total. The third kappa shape index (κ3) is 4.43. The fourth-order valence-corrected chi connectivity index (χ4v) is 2.37. The molecular formula is C16H28N2. The van der Waals surface area contributed by atoms with Crippen LogP contribution < -0.4 is 5.73 Å². The van der Waals surface area contributed by atoms with E-state index in [4.69, 9.17) is 5.73 Å². The summed E-state index contributed by atoms with van der Waals surface area (Å²) < 4.78 is 0. The van der Waals surface area contributed by atoms with E-state index in [0.29, 0.717) is 0 Å². The Morgan fingerprint density at radius 1 is 1.11 bits per heavy atom. The van der Waals surface area contributed by atoms with Crippen molar-refractivity contribution in [2.75, 3.05) is 20.1 Å². The number of benzene rings is 1. The number of rotatable bonds is 5. The van der Waals surface area contributed by atoms with E-state index in [9.17, 15) is 0 Å². The molecule has 0 amide bonds. The van der Waals surface area contributed by atoms with E-state index >= 15 is 0 Å². The molecule has 1 rings (SSSR count). The molecule has 2 N–H and O–H groups in total. The number of hydrogen-bond acceptors (Lipinski definition) is 2. The second-order valence-electron chi connectivity index (χ2n) is 6.27. The second kappa shape index (κ2) is 5.85. The van der Waals surface area contributed by atoms with Crippen molar-refractivity contribution < 1.29 is 0 Å². The Morgan fingerprint density at radius 2 is 1.72 bits per heavy atom. The Balaban J connectivity index is 2.62. The highest BCUT2D eigenvalue weighted by molar-refractivity contribution is 5.38. The summed E-state index contributed by atoms with van der Waals surface area (Å²) in [5.74, 6) is 0. The van der Waals surface area contributed by atoms with Crippen LogP contribution in [0.15, 0.2) is 12.1 Å². The van der Waals surface area contributed by atoms with Crippen LogP contribution in [0.2, 0.25) is 0 Å². The average molecular weight is 248 g/mol. The average Bonchev–Trinajstić information content (AvgIpc) is 2.22. The standard InChI is InChI=1S/C16H28N2/c1-12-7-8-15(14(3)13(12)2)9-10-18(6)11-16(4,5)17/h7-8H,9-11,17H2,1-6H3. The van der Waals surface area contributed by atoms with Crippen LogP contribution in [-0.2, 0) is 6.42 Å². The lowest BCUT2D eigenvalue weighted by Gasteiger charge is -2.26. The lowest BCUT2D eigenvalue weighted by atomic mass is 9.97. The summed E-state index contributed by atoms with van der Waals surface area (Å²) in [6.45, 7) is 12.7. The van der Waals surface area contributed by atoms with E-state index in [1.807, 2.05) is 0 Å². The Kier molecular flexibility index (Phi) is 4.94. The molecule has 1 aromatic rings. The van der Waals surface area contributed by atoms with Gasteiger partial charge in [-0.15, -0.1) is 0 Å². The molecular weight excluding hydrogens is 220 g/mol. The van der Waals surface area contributed by atoms with Gasteiger partial charge in [0.05, 0.1) is 0 Å². The zero-order valence-electron chi connectivity index (χ0n) is 12.8. The normalized spacial score (nSPS) is 12.2. The van der Waals surface area contributed by atoms with Gasteiger partial charge in [0.25, 0.3) is 0 Å². The maximum atomic E-state index is 6.04. The van der Waals surface area contributed by atoms with Crippen LogP contribution in [0.25, 0.3) is 0 Å². The molecule has 0 aliphatic carbocycles. The molecule has 1 aromatic carbocycles. The molecule has 0 saturated heterocycles. The molecule has 0 heterocycles. The minimum Gasteiger partial charge on any atom is -0.324 e. The van der Waals surface area contributed by atoms with Gasteiger partial charge in [-0.2, -0.15) is 0 Å². The number of nitrogens with zero attached hydrogens (tertiary/aromatic N) is 1. The molecule has 102 valence electrons. The van der Waals surface area contributed by atoms with Crippen molar-refractivity contribution in [1.29, 1.82) is 0 Å². The molecule has 0 radical (unpaired) electrons. The zero-order chi connectivity index (χ0) is 13.9. The van der Waals surface area contributed by atoms with Gasteiger partial charge in [0.15, 0.2) is 0 Å². The first-order valence-corrected chi connectivity index (χ1v) is 6.74. The fourth-order valence-electron chi connectivity index (χ4n) is 2.37. The maximum Gasteiger partial charge on any atom is 0.0225 e. The van der Waals surface area contributed by atoms with Crippen molar-refractivity contribution >= 4 is 0 Å². The first-order chi connectivity index (χ1) is 8.20. The molecule has 0 saturated carbocycles. The van der Waals surface area contributed by atoms with Gasteiger partial charge in [-0.25, -0.2) is 0 Å². The van der Waals surface area contributed by atoms with E-state index in [2.05, 4.69) is 58.7 Å². The molecule has 0 spiro atoms. The highest BCUT2D eigenvalue weighted by atomic mass is 15.1. The van der Waals surface area contributed by atoms with Gasteiger partial charge < -0.3 is 10.6 Å². The molecule has 0 unspecified atom stereocenters. The zero-order valence-corrected chi connectivity index (χ0v) is 12.8. The predicted octanol–water partition coefficient (Wildman–Crippen LogP) is 2.82. The van der Waals surface area contributed by atoms with Gasteiger partial charge in [-0.05, 0) is 70.3 Å². The monoisotopic (exact) mass is 248 g/mol. The van der Waals surface area contributed by atoms with Crippen molar-refractivity contribution in [3.8, 4) is 0 Å². The van der Waals surface area contributed by atoms with E-state index in [1.54, 1.807) is 0 Å². The van der Waals surface area contributed by atoms with Crippen molar-refractivity contribution in [3.05, 3.63) is 34.4 Å². The minimum atomic E-state index is -0.118. The van der Waals surface area contributed by atoms with E-state index in [1.165, 1.54) is 22.3 Å². The molecule has 0 aliphatic rings. The Labute approximate surface area is 112 Å². The van der Waals surface area contributed by atoms with Crippen LogP contribution in [0.1, 0.15) is 36.1 Å². The summed E-state index contributed by atoms with van der Waals surface area (Å²) in [6, 6.07) is 4.49. The predicted molar refractivity (Wildman–Crippen MR) is 80.1 cm³/mol. The summed E-state index contributed by atoms with van der Waals surface area (Å²) >= 11 is 0. The summed E-state index contributed by atoms with van der Waals surface area (Å²) in [6.07, 6.45) is 1.10. The van der Waals surface area contributed by atoms with Crippen molar-refractivity contribution in [2.45, 2.75) is 46.6 Å². The van der Waals surface area contributed by atoms with Crippen LogP contribution >= 0.6 is 0 Å². The van der Waals surface area contributed by atoms with Gasteiger partial charge in [0.2, 0.25) is 0 Å². The molecule has 0 aliphatic heterocycles. The number of likely N-dealkylation sites (N-methyl/N-ethyl adjacent to an activating group) is 1. The van der Waals surface area contributed by atoms with Crippen LogP contribution in [0.3, 0.4) is 0 Å². The SMILES string of the molecule is Cc1ccc(CCN(C)CC(C)(C)N)c(C)c1C. The first kappa shape index (κ1) is 15.2. The van der Waals surface area contributed by atoms with Crippen molar-refractivity contribution in [2.24, 2.45) is 5.73 Å². The second-order valence-corrected chi connectivity index (χ2v) is 6.27. The molecule has 0 bridgehead atoms. The minimum absolute atomic E-state index is 0.118. The summed E-state index contributed by atoms with van der Waals surface area (Å²) in [5.41, 5.74) is 11.6. The van der Waals surface area contributed by atoms with Gasteiger partial charge in [-0.1, -0.05) is 12.1 Å². The summed E-state index contributed by atoms with van der Waals surface area (Å²) in [7, 11) is 2.14. The first-order valence-electron chi connectivity index (χ1n) is 6.74. The van der Waals surface area contributed by atoms with Gasteiger partial charge in [0.1, 0.15) is 0 Å². The topological polar surface area (TPSA) is 29.3 Å². The summed E-state index contributed by atoms with van der Waals surface area (Å²) in [5, 5.41) is 0. The van der Waals surface area contributed by atoms with Crippen molar-refractivity contribution in [1.82, 2.24) is 4.90 Å². The van der Waals surface area contributed by atoms with Gasteiger partial charge in [0, 0.05) is 18.6 Å². The summed E-state index contributed by atoms with van der Waals surface area (Å²) in [4.78, 5) is 2.31. The molecule has 18 heavy (non-hydrogen) atoms. The Bertz CT molecular complexity index is 402. The number of hydrogen-bond donors (Lipinski definition) is 1. The maximum absolute atomic E-state index is 6.04. The highest BCUT2D eigenvalue weighted by Gasteiger charge is 2.14. The lowest BCUT2D eigenvalue weighted by molar-refractivity contribution is 0.273. The fraction of sp³-hybridized carbons (Fsp3) is 0.625. The number of nitrogens with two attached hydrogens (primary N) is 1. The van der Waals surface area contributed by atoms with Crippen LogP contribution in [-0.4, -0.2) is 30.6 Å². The van der Waals surface area contributed by atoms with Gasteiger partial charge >= 0.3 is 0 Å². The molecule has 2 heteroatoms. The quantitative estimate of drug-likeness (QED) is 0.868. The molecule has 0 aromatic heterocycles. The molecule has 0 atom stereocenters. The lowest BCUT2D eigenvalue weighted by Crippen LogP contribution is -2.44. The Morgan fingerprint density at radius 3 is 2.28 bits per heavy atom. The third-order valence-corrected chi connectivity index (χ3v) is 3.61. The van der Waals surface area contributed by atoms with Crippen LogP contribution in [0, 0.1) is 20.8 Å². The smallest absolute Gasteiger partial charge is 0.0225 e. The van der Waals surface area contributed by atoms with E-state index in [-0.39, 0.29) is 5.54 Å². The third-order valence-electron chi connectivity index (χ3n) is 3.61. The number of aryl methyl sites for hydroxylation is 1. The van der Waals surface area contributed by atoms with Crippen molar-refractivity contribution in [3.63, 3.8) is 0 Å². The van der Waals surface area contributed by atoms with Crippen LogP contribution in [0.4, 0.5) is 0 Å². The van der Waals surface area contributed by atoms with E-state index < -0.39 is 0 Å². The largest absolute Gasteiger partial charge is 0.324 e. The molecule has 0 fully saturated rings. The Hall–Kier alpha value is -0.860. The van der Waals surface area contributed by atoms with Crippen LogP contribution in [0.5, 0.6) is 0 Å². The highest BCUT2D eigenvalue weighted by Crippen LogP contribution is 2.17. The van der Waals surface area contributed by atoms with E-state index in [0.717, 1.165) is 19.5 Å². The van der Waals surface area contributed by atoms with Gasteiger partial charge in [-0.3, -0.25) is 0 Å².